The third-order valence-electron chi connectivity index (χ3n) is 3.53. The van der Waals surface area contributed by atoms with Crippen molar-refractivity contribution < 1.29 is 9.59 Å². The monoisotopic (exact) mass is 295 g/mol. The van der Waals surface area contributed by atoms with Crippen LogP contribution in [0.3, 0.4) is 0 Å². The number of likely N-dealkylation sites (N-methyl/N-ethyl adjacent to an activating group) is 1. The molecular formula is C14H21N3O2S. The van der Waals surface area contributed by atoms with E-state index in [-0.39, 0.29) is 11.8 Å². The number of hydrogen-bond acceptors (Lipinski definition) is 4. The SMILES string of the molecule is CCNC(=O)C1CNCCN1C(=O)c1cc(C)c(C)s1. The predicted octanol–water partition coefficient (Wildman–Crippen LogP) is 0.915. The topological polar surface area (TPSA) is 61.4 Å². The maximum Gasteiger partial charge on any atom is 0.264 e. The van der Waals surface area contributed by atoms with Gasteiger partial charge in [-0.2, -0.15) is 0 Å². The highest BCUT2D eigenvalue weighted by Gasteiger charge is 2.32. The van der Waals surface area contributed by atoms with Crippen LogP contribution < -0.4 is 10.6 Å². The Morgan fingerprint density at radius 3 is 2.85 bits per heavy atom. The number of rotatable bonds is 3. The molecule has 6 heteroatoms. The fraction of sp³-hybridized carbons (Fsp3) is 0.571. The van der Waals surface area contributed by atoms with Crippen molar-refractivity contribution >= 4 is 23.2 Å². The molecule has 2 rings (SSSR count). The zero-order chi connectivity index (χ0) is 14.7. The molecule has 1 atom stereocenters. The Morgan fingerprint density at radius 1 is 1.50 bits per heavy atom. The molecule has 0 saturated carbocycles. The molecule has 1 fully saturated rings. The van der Waals surface area contributed by atoms with Gasteiger partial charge in [0.25, 0.3) is 5.91 Å². The molecule has 0 spiro atoms. The lowest BCUT2D eigenvalue weighted by Gasteiger charge is -2.34. The Labute approximate surface area is 123 Å². The molecule has 1 aromatic rings. The number of aryl methyl sites for hydroxylation is 2. The molecule has 5 nitrogen and oxygen atoms in total. The highest BCUT2D eigenvalue weighted by Crippen LogP contribution is 2.23. The Kier molecular flexibility index (Phi) is 4.77. The van der Waals surface area contributed by atoms with Crippen molar-refractivity contribution in [3.8, 4) is 0 Å². The van der Waals surface area contributed by atoms with Crippen LogP contribution in [0.2, 0.25) is 0 Å². The van der Waals surface area contributed by atoms with Crippen LogP contribution in [0.4, 0.5) is 0 Å². The number of carbonyl (C=O) groups excluding carboxylic acids is 2. The summed E-state index contributed by atoms with van der Waals surface area (Å²) in [6.07, 6.45) is 0. The first-order valence-electron chi connectivity index (χ1n) is 6.91. The number of piperazine rings is 1. The van der Waals surface area contributed by atoms with Gasteiger partial charge < -0.3 is 15.5 Å². The zero-order valence-corrected chi connectivity index (χ0v) is 13.0. The van der Waals surface area contributed by atoms with Crippen molar-refractivity contribution in [1.29, 1.82) is 0 Å². The largest absolute Gasteiger partial charge is 0.355 e. The quantitative estimate of drug-likeness (QED) is 0.871. The fourth-order valence-corrected chi connectivity index (χ4v) is 3.28. The number of nitrogens with zero attached hydrogens (tertiary/aromatic N) is 1. The van der Waals surface area contributed by atoms with Crippen molar-refractivity contribution in [3.63, 3.8) is 0 Å². The normalized spacial score (nSPS) is 18.9. The third kappa shape index (κ3) is 3.02. The molecule has 0 aromatic carbocycles. The van der Waals surface area contributed by atoms with Gasteiger partial charge in [0, 0.05) is 31.1 Å². The van der Waals surface area contributed by atoms with Crippen LogP contribution in [0.15, 0.2) is 6.07 Å². The van der Waals surface area contributed by atoms with Crippen LogP contribution in [-0.2, 0) is 4.79 Å². The molecular weight excluding hydrogens is 274 g/mol. The number of thiophene rings is 1. The Hall–Kier alpha value is -1.40. The Balaban J connectivity index is 2.19. The van der Waals surface area contributed by atoms with Gasteiger partial charge in [-0.15, -0.1) is 11.3 Å². The molecule has 0 radical (unpaired) electrons. The lowest BCUT2D eigenvalue weighted by Crippen LogP contribution is -2.59. The van der Waals surface area contributed by atoms with Crippen molar-refractivity contribution in [2.45, 2.75) is 26.8 Å². The average molecular weight is 295 g/mol. The number of amides is 2. The Bertz CT molecular complexity index is 493. The van der Waals surface area contributed by atoms with E-state index >= 15 is 0 Å². The summed E-state index contributed by atoms with van der Waals surface area (Å²) in [4.78, 5) is 28.2. The van der Waals surface area contributed by atoms with Crippen molar-refractivity contribution in [3.05, 3.63) is 21.4 Å². The van der Waals surface area contributed by atoms with E-state index in [0.717, 1.165) is 21.9 Å². The first-order valence-corrected chi connectivity index (χ1v) is 7.72. The summed E-state index contributed by atoms with van der Waals surface area (Å²) >= 11 is 1.50. The molecule has 20 heavy (non-hydrogen) atoms. The van der Waals surface area contributed by atoms with E-state index < -0.39 is 6.04 Å². The minimum Gasteiger partial charge on any atom is -0.355 e. The molecule has 0 bridgehead atoms. The molecule has 0 aliphatic carbocycles. The molecule has 1 saturated heterocycles. The van der Waals surface area contributed by atoms with E-state index in [2.05, 4.69) is 10.6 Å². The first-order chi connectivity index (χ1) is 9.54. The van der Waals surface area contributed by atoms with Crippen LogP contribution in [0.5, 0.6) is 0 Å². The highest BCUT2D eigenvalue weighted by molar-refractivity contribution is 7.14. The molecule has 1 aliphatic rings. The van der Waals surface area contributed by atoms with Crippen LogP contribution in [0.1, 0.15) is 27.0 Å². The van der Waals surface area contributed by atoms with Crippen LogP contribution >= 0.6 is 11.3 Å². The van der Waals surface area contributed by atoms with Crippen molar-refractivity contribution in [2.75, 3.05) is 26.2 Å². The van der Waals surface area contributed by atoms with E-state index in [0.29, 0.717) is 19.6 Å². The number of nitrogens with one attached hydrogen (secondary N) is 2. The molecule has 2 N–H and O–H groups in total. The lowest BCUT2D eigenvalue weighted by atomic mass is 10.1. The van der Waals surface area contributed by atoms with Crippen LogP contribution in [-0.4, -0.2) is 48.9 Å². The maximum atomic E-state index is 12.6. The molecule has 1 unspecified atom stereocenters. The summed E-state index contributed by atoms with van der Waals surface area (Å²) in [6.45, 7) is 8.28. The minimum absolute atomic E-state index is 0.0380. The van der Waals surface area contributed by atoms with Crippen molar-refractivity contribution in [2.24, 2.45) is 0 Å². The van der Waals surface area contributed by atoms with Crippen LogP contribution in [0.25, 0.3) is 0 Å². The lowest BCUT2D eigenvalue weighted by molar-refractivity contribution is -0.126. The molecule has 110 valence electrons. The smallest absolute Gasteiger partial charge is 0.264 e. The zero-order valence-electron chi connectivity index (χ0n) is 12.2. The van der Waals surface area contributed by atoms with E-state index in [4.69, 9.17) is 0 Å². The fourth-order valence-electron chi connectivity index (χ4n) is 2.29. The summed E-state index contributed by atoms with van der Waals surface area (Å²) in [7, 11) is 0. The van der Waals surface area contributed by atoms with E-state index in [1.807, 2.05) is 26.8 Å². The standard InChI is InChI=1S/C14H21N3O2S/c1-4-16-13(18)11-8-15-5-6-17(11)14(19)12-7-9(2)10(3)20-12/h7,11,15H,4-6,8H2,1-3H3,(H,16,18). The van der Waals surface area contributed by atoms with Gasteiger partial charge in [-0.05, 0) is 32.4 Å². The summed E-state index contributed by atoms with van der Waals surface area (Å²) in [5, 5.41) is 5.97. The van der Waals surface area contributed by atoms with Gasteiger partial charge in [-0.3, -0.25) is 9.59 Å². The second-order valence-corrected chi connectivity index (χ2v) is 6.22. The molecule has 2 amide bonds. The van der Waals surface area contributed by atoms with Gasteiger partial charge in [0.1, 0.15) is 6.04 Å². The highest BCUT2D eigenvalue weighted by atomic mass is 32.1. The third-order valence-corrected chi connectivity index (χ3v) is 4.68. The van der Waals surface area contributed by atoms with Gasteiger partial charge in [-0.25, -0.2) is 0 Å². The number of hydrogen-bond donors (Lipinski definition) is 2. The van der Waals surface area contributed by atoms with Crippen LogP contribution in [0, 0.1) is 13.8 Å². The van der Waals surface area contributed by atoms with E-state index in [9.17, 15) is 9.59 Å². The second kappa shape index (κ2) is 6.37. The summed E-state index contributed by atoms with van der Waals surface area (Å²) in [5.74, 6) is -0.123. The molecule has 2 heterocycles. The first kappa shape index (κ1) is 15.0. The van der Waals surface area contributed by atoms with Crippen molar-refractivity contribution in [1.82, 2.24) is 15.5 Å². The van der Waals surface area contributed by atoms with Gasteiger partial charge in [0.05, 0.1) is 4.88 Å². The van der Waals surface area contributed by atoms with Gasteiger partial charge in [0.2, 0.25) is 5.91 Å². The molecule has 1 aromatic heterocycles. The second-order valence-electron chi connectivity index (χ2n) is 4.96. The maximum absolute atomic E-state index is 12.6. The Morgan fingerprint density at radius 2 is 2.25 bits per heavy atom. The van der Waals surface area contributed by atoms with Gasteiger partial charge >= 0.3 is 0 Å². The average Bonchev–Trinajstić information content (AvgIpc) is 2.78. The summed E-state index contributed by atoms with van der Waals surface area (Å²) in [6, 6.07) is 1.50. The minimum atomic E-state index is -0.418. The summed E-state index contributed by atoms with van der Waals surface area (Å²) in [5.41, 5.74) is 1.13. The predicted molar refractivity (Wildman–Crippen MR) is 80.2 cm³/mol. The summed E-state index contributed by atoms with van der Waals surface area (Å²) < 4.78 is 0. The van der Waals surface area contributed by atoms with E-state index in [1.54, 1.807) is 4.90 Å². The number of carbonyl (C=O) groups is 2. The van der Waals surface area contributed by atoms with E-state index in [1.165, 1.54) is 11.3 Å². The van der Waals surface area contributed by atoms with Gasteiger partial charge in [-0.1, -0.05) is 0 Å². The molecule has 1 aliphatic heterocycles. The van der Waals surface area contributed by atoms with Gasteiger partial charge in [0.15, 0.2) is 0 Å².